The van der Waals surface area contributed by atoms with Gasteiger partial charge in [0.2, 0.25) is 0 Å². The van der Waals surface area contributed by atoms with Crippen molar-refractivity contribution in [3.05, 3.63) is 24.3 Å². The fourth-order valence-corrected chi connectivity index (χ4v) is 2.42. The maximum absolute atomic E-state index is 11.9. The second kappa shape index (κ2) is 8.24. The van der Waals surface area contributed by atoms with Gasteiger partial charge in [-0.3, -0.25) is 0 Å². The molecule has 0 radical (unpaired) electrons. The molecule has 0 saturated heterocycles. The highest BCUT2D eigenvalue weighted by Crippen LogP contribution is 2.17. The van der Waals surface area contributed by atoms with Crippen molar-refractivity contribution in [2.24, 2.45) is 5.92 Å². The maximum atomic E-state index is 11.9. The molecule has 1 aromatic heterocycles. The number of amides is 1. The van der Waals surface area contributed by atoms with Gasteiger partial charge in [0.15, 0.2) is 0 Å². The lowest BCUT2D eigenvalue weighted by atomic mass is 9.90. The van der Waals surface area contributed by atoms with Crippen molar-refractivity contribution in [2.45, 2.75) is 65.6 Å². The Morgan fingerprint density at radius 2 is 2.00 bits per heavy atom. The third-order valence-corrected chi connectivity index (χ3v) is 3.22. The van der Waals surface area contributed by atoms with Crippen LogP contribution in [0.2, 0.25) is 0 Å². The van der Waals surface area contributed by atoms with Crippen LogP contribution < -0.4 is 10.6 Å². The molecule has 0 aromatic carbocycles. The summed E-state index contributed by atoms with van der Waals surface area (Å²) in [4.78, 5) is 20.0. The normalized spacial score (nSPS) is 14.4. The molecule has 1 amide bonds. The largest absolute Gasteiger partial charge is 0.444 e. The second-order valence-corrected chi connectivity index (χ2v) is 7.57. The van der Waals surface area contributed by atoms with Gasteiger partial charge in [0.25, 0.3) is 0 Å². The molecule has 0 aliphatic carbocycles. The number of nitrogens with one attached hydrogen (secondary N) is 2. The van der Waals surface area contributed by atoms with Crippen LogP contribution in [0.3, 0.4) is 0 Å². The minimum Gasteiger partial charge on any atom is -0.444 e. The molecular weight excluding hydrogens is 292 g/mol. The van der Waals surface area contributed by atoms with E-state index >= 15 is 0 Å². The number of nitrogens with zero attached hydrogens (tertiary/aromatic N) is 2. The molecule has 0 saturated carbocycles. The van der Waals surface area contributed by atoms with Gasteiger partial charge in [0.05, 0.1) is 5.69 Å². The van der Waals surface area contributed by atoms with E-state index in [1.54, 1.807) is 6.20 Å². The zero-order chi connectivity index (χ0) is 17.5. The molecule has 23 heavy (non-hydrogen) atoms. The Bertz CT molecular complexity index is 485. The van der Waals surface area contributed by atoms with E-state index in [0.29, 0.717) is 19.0 Å². The Hall–Kier alpha value is -1.69. The van der Waals surface area contributed by atoms with Crippen LogP contribution >= 0.6 is 0 Å². The van der Waals surface area contributed by atoms with Crippen molar-refractivity contribution in [3.8, 4) is 0 Å². The molecule has 0 bridgehead atoms. The van der Waals surface area contributed by atoms with Gasteiger partial charge in [-0.25, -0.2) is 14.8 Å². The predicted octanol–water partition coefficient (Wildman–Crippen LogP) is 2.90. The number of hydrogen-bond donors (Lipinski definition) is 2. The van der Waals surface area contributed by atoms with Gasteiger partial charge < -0.3 is 15.4 Å². The molecule has 0 spiro atoms. The number of alkyl carbamates (subject to hydrolysis) is 1. The van der Waals surface area contributed by atoms with Gasteiger partial charge in [-0.1, -0.05) is 13.8 Å². The molecule has 1 rings (SSSR count). The highest BCUT2D eigenvalue weighted by Gasteiger charge is 2.27. The minimum atomic E-state index is -0.493. The maximum Gasteiger partial charge on any atom is 0.407 e. The van der Waals surface area contributed by atoms with Crippen LogP contribution in [0.4, 0.5) is 4.79 Å². The molecule has 2 N–H and O–H groups in total. The van der Waals surface area contributed by atoms with Gasteiger partial charge in [-0.15, -0.1) is 0 Å². The summed E-state index contributed by atoms with van der Waals surface area (Å²) in [5.41, 5.74) is 0.190. The predicted molar refractivity (Wildman–Crippen MR) is 91.0 cm³/mol. The highest BCUT2D eigenvalue weighted by atomic mass is 16.6. The standard InChI is InChI=1S/C17H30N4O2/c1-13(2)9-17(6,11-19-15(22)23-16(3,4)5)21-10-14-7-8-18-12-20-14/h7-8,12-13,21H,9-11H2,1-6H3,(H,19,22). The van der Waals surface area contributed by atoms with Crippen LogP contribution in [-0.4, -0.2) is 33.7 Å². The Morgan fingerprint density at radius 1 is 1.30 bits per heavy atom. The summed E-state index contributed by atoms with van der Waals surface area (Å²) in [6.45, 7) is 13.1. The topological polar surface area (TPSA) is 76.1 Å². The smallest absolute Gasteiger partial charge is 0.407 e. The molecule has 1 heterocycles. The zero-order valence-corrected chi connectivity index (χ0v) is 15.1. The van der Waals surface area contributed by atoms with Gasteiger partial charge in [0.1, 0.15) is 11.9 Å². The van der Waals surface area contributed by atoms with E-state index in [1.165, 1.54) is 6.33 Å². The molecule has 1 atom stereocenters. The molecule has 0 aliphatic heterocycles. The number of rotatable bonds is 7. The monoisotopic (exact) mass is 322 g/mol. The van der Waals surface area contributed by atoms with Crippen molar-refractivity contribution < 1.29 is 9.53 Å². The van der Waals surface area contributed by atoms with Gasteiger partial charge in [0, 0.05) is 24.8 Å². The summed E-state index contributed by atoms with van der Waals surface area (Å²) in [6, 6.07) is 1.88. The van der Waals surface area contributed by atoms with Crippen molar-refractivity contribution in [1.29, 1.82) is 0 Å². The Labute approximate surface area is 139 Å². The first-order valence-electron chi connectivity index (χ1n) is 8.06. The van der Waals surface area contributed by atoms with E-state index in [1.807, 2.05) is 26.8 Å². The molecule has 130 valence electrons. The van der Waals surface area contributed by atoms with Crippen LogP contribution in [0, 0.1) is 5.92 Å². The van der Waals surface area contributed by atoms with Gasteiger partial charge >= 0.3 is 6.09 Å². The number of hydrogen-bond acceptors (Lipinski definition) is 5. The number of carbonyl (C=O) groups excluding carboxylic acids is 1. The van der Waals surface area contributed by atoms with Crippen molar-refractivity contribution in [3.63, 3.8) is 0 Å². The summed E-state index contributed by atoms with van der Waals surface area (Å²) in [5.74, 6) is 0.498. The molecule has 0 fully saturated rings. The van der Waals surface area contributed by atoms with Crippen molar-refractivity contribution in [1.82, 2.24) is 20.6 Å². The molecule has 1 unspecified atom stereocenters. The van der Waals surface area contributed by atoms with E-state index in [2.05, 4.69) is 41.4 Å². The Kier molecular flexibility index (Phi) is 6.94. The minimum absolute atomic E-state index is 0.240. The van der Waals surface area contributed by atoms with E-state index in [9.17, 15) is 4.79 Å². The number of ether oxygens (including phenoxy) is 1. The van der Waals surface area contributed by atoms with Crippen molar-refractivity contribution >= 4 is 6.09 Å². The van der Waals surface area contributed by atoms with Crippen molar-refractivity contribution in [2.75, 3.05) is 6.54 Å². The lowest BCUT2D eigenvalue weighted by Gasteiger charge is -2.33. The van der Waals surface area contributed by atoms with Crippen LogP contribution in [0.25, 0.3) is 0 Å². The van der Waals surface area contributed by atoms with Crippen LogP contribution in [-0.2, 0) is 11.3 Å². The first-order chi connectivity index (χ1) is 10.6. The summed E-state index contributed by atoms with van der Waals surface area (Å²) in [7, 11) is 0. The fraction of sp³-hybridized carbons (Fsp3) is 0.706. The molecule has 1 aromatic rings. The van der Waals surface area contributed by atoms with Crippen LogP contribution in [0.5, 0.6) is 0 Å². The van der Waals surface area contributed by atoms with E-state index in [4.69, 9.17) is 4.74 Å². The average Bonchev–Trinajstić information content (AvgIpc) is 2.42. The summed E-state index contributed by atoms with van der Waals surface area (Å²) in [6.07, 6.45) is 3.79. The van der Waals surface area contributed by atoms with Gasteiger partial charge in [-0.05, 0) is 46.1 Å². The SMILES string of the molecule is CC(C)CC(C)(CNC(=O)OC(C)(C)C)NCc1ccncn1. The Morgan fingerprint density at radius 3 is 2.52 bits per heavy atom. The lowest BCUT2D eigenvalue weighted by Crippen LogP contribution is -2.52. The first-order valence-corrected chi connectivity index (χ1v) is 8.06. The highest BCUT2D eigenvalue weighted by molar-refractivity contribution is 5.67. The van der Waals surface area contributed by atoms with Crippen LogP contribution in [0.15, 0.2) is 18.6 Å². The number of carbonyl (C=O) groups is 1. The molecule has 6 heteroatoms. The fourth-order valence-electron chi connectivity index (χ4n) is 2.42. The second-order valence-electron chi connectivity index (χ2n) is 7.57. The summed E-state index contributed by atoms with van der Waals surface area (Å²) < 4.78 is 5.30. The molecular formula is C17H30N4O2. The Balaban J connectivity index is 2.61. The molecule has 6 nitrogen and oxygen atoms in total. The summed E-state index contributed by atoms with van der Waals surface area (Å²) in [5, 5.41) is 6.37. The quantitative estimate of drug-likeness (QED) is 0.807. The van der Waals surface area contributed by atoms with E-state index < -0.39 is 11.7 Å². The average molecular weight is 322 g/mol. The van der Waals surface area contributed by atoms with Gasteiger partial charge in [-0.2, -0.15) is 0 Å². The lowest BCUT2D eigenvalue weighted by molar-refractivity contribution is 0.0507. The summed E-state index contributed by atoms with van der Waals surface area (Å²) >= 11 is 0. The first kappa shape index (κ1) is 19.4. The zero-order valence-electron chi connectivity index (χ0n) is 15.1. The van der Waals surface area contributed by atoms with E-state index in [-0.39, 0.29) is 5.54 Å². The third kappa shape index (κ3) is 8.50. The third-order valence-electron chi connectivity index (χ3n) is 3.22. The molecule has 0 aliphatic rings. The number of aromatic nitrogens is 2. The van der Waals surface area contributed by atoms with Crippen LogP contribution in [0.1, 0.15) is 53.7 Å². The van der Waals surface area contributed by atoms with E-state index in [0.717, 1.165) is 12.1 Å².